The summed E-state index contributed by atoms with van der Waals surface area (Å²) in [6.45, 7) is 3.37. The maximum Gasteiger partial charge on any atom is 0.134 e. The van der Waals surface area contributed by atoms with Crippen molar-refractivity contribution in [3.63, 3.8) is 0 Å². The summed E-state index contributed by atoms with van der Waals surface area (Å²) in [7, 11) is 0. The second-order valence-electron chi connectivity index (χ2n) is 2.13. The molecular weight excluding hydrogens is 146 g/mol. The molecule has 0 aromatic carbocycles. The van der Waals surface area contributed by atoms with Crippen LogP contribution in [0.4, 0.5) is 0 Å². The molecule has 0 aliphatic carbocycles. The molecule has 0 aromatic heterocycles. The van der Waals surface area contributed by atoms with Gasteiger partial charge in [0, 0.05) is 25.0 Å². The van der Waals surface area contributed by atoms with Gasteiger partial charge in [0.15, 0.2) is 0 Å². The number of nitrogens with zero attached hydrogens (tertiary/aromatic N) is 2. The second kappa shape index (κ2) is 3.63. The zero-order chi connectivity index (χ0) is 7.40. The molecule has 1 aliphatic heterocycles. The van der Waals surface area contributed by atoms with Gasteiger partial charge >= 0.3 is 0 Å². The molecule has 1 aliphatic rings. The Morgan fingerprint density at radius 1 is 1.80 bits per heavy atom. The van der Waals surface area contributed by atoms with Gasteiger partial charge in [0.05, 0.1) is 6.54 Å². The summed E-state index contributed by atoms with van der Waals surface area (Å²) in [6, 6.07) is 0. The van der Waals surface area contributed by atoms with E-state index in [0.29, 0.717) is 6.54 Å². The highest BCUT2D eigenvalue weighted by atomic mass is 32.1. The lowest BCUT2D eigenvalue weighted by atomic mass is 10.5. The van der Waals surface area contributed by atoms with E-state index >= 15 is 0 Å². The SMILES string of the molecule is NCCN1CCN=C1C=S. The van der Waals surface area contributed by atoms with Crippen molar-refractivity contribution in [2.24, 2.45) is 10.7 Å². The number of aliphatic imine (C=N–C) groups is 1. The first-order valence-electron chi connectivity index (χ1n) is 3.33. The number of hydrogen-bond donors (Lipinski definition) is 1. The van der Waals surface area contributed by atoms with Crippen molar-refractivity contribution in [2.75, 3.05) is 26.2 Å². The molecule has 3 nitrogen and oxygen atoms in total. The maximum absolute atomic E-state index is 5.38. The molecule has 0 radical (unpaired) electrons. The van der Waals surface area contributed by atoms with Gasteiger partial charge in [-0.15, -0.1) is 0 Å². The Morgan fingerprint density at radius 2 is 2.60 bits per heavy atom. The molecule has 0 spiro atoms. The monoisotopic (exact) mass is 157 g/mol. The topological polar surface area (TPSA) is 41.6 Å². The third-order valence-corrected chi connectivity index (χ3v) is 1.68. The van der Waals surface area contributed by atoms with Gasteiger partial charge in [-0.2, -0.15) is 0 Å². The maximum atomic E-state index is 5.38. The number of thiocarbonyl (C=S) groups is 1. The average molecular weight is 157 g/mol. The van der Waals surface area contributed by atoms with Crippen LogP contribution in [-0.2, 0) is 0 Å². The average Bonchev–Trinajstić information content (AvgIpc) is 2.36. The normalized spacial score (nSPS) is 17.3. The first-order valence-corrected chi connectivity index (χ1v) is 3.80. The predicted molar refractivity (Wildman–Crippen MR) is 46.6 cm³/mol. The van der Waals surface area contributed by atoms with Gasteiger partial charge in [-0.05, 0) is 0 Å². The molecule has 0 saturated carbocycles. The Bertz CT molecular complexity index is 155. The van der Waals surface area contributed by atoms with Crippen LogP contribution in [0.25, 0.3) is 0 Å². The fraction of sp³-hybridized carbons (Fsp3) is 0.667. The summed E-state index contributed by atoms with van der Waals surface area (Å²) >= 11 is 4.76. The van der Waals surface area contributed by atoms with E-state index in [4.69, 9.17) is 18.0 Å². The van der Waals surface area contributed by atoms with Gasteiger partial charge in [0.2, 0.25) is 0 Å². The fourth-order valence-corrected chi connectivity index (χ4v) is 1.22. The largest absolute Gasteiger partial charge is 0.353 e. The summed E-state index contributed by atoms with van der Waals surface area (Å²) in [5.41, 5.74) is 5.38. The second-order valence-corrected chi connectivity index (χ2v) is 2.37. The first kappa shape index (κ1) is 7.63. The van der Waals surface area contributed by atoms with E-state index < -0.39 is 0 Å². The molecule has 56 valence electrons. The molecule has 0 unspecified atom stereocenters. The van der Waals surface area contributed by atoms with Crippen LogP contribution in [0.3, 0.4) is 0 Å². The molecule has 10 heavy (non-hydrogen) atoms. The highest BCUT2D eigenvalue weighted by Gasteiger charge is 2.12. The minimum absolute atomic E-state index is 0.669. The number of rotatable bonds is 3. The lowest BCUT2D eigenvalue weighted by Crippen LogP contribution is -2.33. The van der Waals surface area contributed by atoms with Crippen molar-refractivity contribution in [2.45, 2.75) is 0 Å². The molecule has 0 atom stereocenters. The van der Waals surface area contributed by atoms with Crippen LogP contribution in [0, 0.1) is 0 Å². The van der Waals surface area contributed by atoms with Crippen LogP contribution < -0.4 is 5.73 Å². The quantitative estimate of drug-likeness (QED) is 0.570. The third kappa shape index (κ3) is 1.52. The van der Waals surface area contributed by atoms with Crippen molar-refractivity contribution in [3.8, 4) is 0 Å². The van der Waals surface area contributed by atoms with E-state index in [2.05, 4.69) is 9.89 Å². The van der Waals surface area contributed by atoms with E-state index in [0.717, 1.165) is 25.5 Å². The fourth-order valence-electron chi connectivity index (χ4n) is 0.994. The molecule has 0 saturated heterocycles. The lowest BCUT2D eigenvalue weighted by Gasteiger charge is -2.15. The minimum atomic E-state index is 0.669. The van der Waals surface area contributed by atoms with E-state index in [1.165, 1.54) is 0 Å². The highest BCUT2D eigenvalue weighted by molar-refractivity contribution is 7.80. The summed E-state index contributed by atoms with van der Waals surface area (Å²) in [6.07, 6.45) is 0. The highest BCUT2D eigenvalue weighted by Crippen LogP contribution is 1.98. The minimum Gasteiger partial charge on any atom is -0.353 e. The molecule has 1 heterocycles. The van der Waals surface area contributed by atoms with Crippen molar-refractivity contribution >= 4 is 23.4 Å². The standard InChI is InChI=1S/C6H11N3S/c7-1-3-9-4-2-8-6(9)5-10/h5H,1-4,7H2. The number of hydrogen-bond acceptors (Lipinski definition) is 4. The van der Waals surface area contributed by atoms with Crippen LogP contribution in [0.5, 0.6) is 0 Å². The summed E-state index contributed by atoms with van der Waals surface area (Å²) in [5.74, 6) is 0.917. The molecular formula is C6H11N3S. The van der Waals surface area contributed by atoms with Gasteiger partial charge in [0.1, 0.15) is 5.84 Å². The molecule has 4 heteroatoms. The van der Waals surface area contributed by atoms with Crippen molar-refractivity contribution in [1.29, 1.82) is 0 Å². The van der Waals surface area contributed by atoms with E-state index in [1.807, 2.05) is 0 Å². The van der Waals surface area contributed by atoms with Crippen molar-refractivity contribution < 1.29 is 0 Å². The van der Waals surface area contributed by atoms with Crippen LogP contribution in [-0.4, -0.2) is 42.3 Å². The Balaban J connectivity index is 2.45. The third-order valence-electron chi connectivity index (χ3n) is 1.47. The van der Waals surface area contributed by atoms with Gasteiger partial charge < -0.3 is 10.6 Å². The summed E-state index contributed by atoms with van der Waals surface area (Å²) in [4.78, 5) is 6.29. The number of nitrogens with two attached hydrogens (primary N) is 1. The molecule has 0 amide bonds. The van der Waals surface area contributed by atoms with Crippen LogP contribution in [0.2, 0.25) is 0 Å². The first-order chi connectivity index (χ1) is 4.88. The molecule has 0 fully saturated rings. The Kier molecular flexibility index (Phi) is 2.77. The van der Waals surface area contributed by atoms with Crippen molar-refractivity contribution in [1.82, 2.24) is 4.90 Å². The summed E-state index contributed by atoms with van der Waals surface area (Å²) in [5, 5.41) is 1.61. The smallest absolute Gasteiger partial charge is 0.134 e. The Labute approximate surface area is 65.9 Å². The van der Waals surface area contributed by atoms with E-state index in [1.54, 1.807) is 5.37 Å². The van der Waals surface area contributed by atoms with E-state index in [-0.39, 0.29) is 0 Å². The zero-order valence-corrected chi connectivity index (χ0v) is 6.60. The molecule has 2 N–H and O–H groups in total. The summed E-state index contributed by atoms with van der Waals surface area (Å²) < 4.78 is 0. The Morgan fingerprint density at radius 3 is 3.20 bits per heavy atom. The number of amidine groups is 1. The molecule has 0 aromatic rings. The van der Waals surface area contributed by atoms with Crippen LogP contribution in [0.15, 0.2) is 4.99 Å². The van der Waals surface area contributed by atoms with Crippen LogP contribution in [0.1, 0.15) is 0 Å². The van der Waals surface area contributed by atoms with Gasteiger partial charge in [-0.25, -0.2) is 0 Å². The predicted octanol–water partition coefficient (Wildman–Crippen LogP) is -0.341. The zero-order valence-electron chi connectivity index (χ0n) is 5.79. The van der Waals surface area contributed by atoms with Gasteiger partial charge in [0.25, 0.3) is 0 Å². The van der Waals surface area contributed by atoms with E-state index in [9.17, 15) is 0 Å². The van der Waals surface area contributed by atoms with Crippen LogP contribution >= 0.6 is 12.2 Å². The lowest BCUT2D eigenvalue weighted by molar-refractivity contribution is 0.473. The molecule has 0 bridgehead atoms. The van der Waals surface area contributed by atoms with Gasteiger partial charge in [-0.1, -0.05) is 12.2 Å². The molecule has 1 rings (SSSR count). The van der Waals surface area contributed by atoms with Crippen molar-refractivity contribution in [3.05, 3.63) is 0 Å². The Hall–Kier alpha value is -0.480. The van der Waals surface area contributed by atoms with Gasteiger partial charge in [-0.3, -0.25) is 4.99 Å².